The zero-order chi connectivity index (χ0) is 45.2. The molecule has 334 valence electrons. The number of benzene rings is 1. The lowest BCUT2D eigenvalue weighted by molar-refractivity contribution is -0.345. The van der Waals surface area contributed by atoms with Crippen LogP contribution in [0.1, 0.15) is 105 Å². The van der Waals surface area contributed by atoms with Gasteiger partial charge in [-0.25, -0.2) is 14.4 Å². The van der Waals surface area contributed by atoms with E-state index in [1.54, 1.807) is 73.6 Å². The number of aliphatic hydroxyl groups is 3. The lowest BCUT2D eigenvalue weighted by Gasteiger charge is -2.67. The zero-order valence-electron chi connectivity index (χ0n) is 36.4. The SMILES string of the molecule is CC(=O)O[C@@]12CO[C@@H]1C[C@H](O)[C@@]1(C)C(=O)C(OC(=O)C3CC3)=C3C(C)[C@@H](OC(=O)[C@H](O)[C@H](C=C(C)C)NC(=O)OC(C)(C)C)C[C@@](O)([C@@H](OC(=O)c4ccccc4)[C@H]21)C3(C)C. The number of ether oxygens (including phenoxy) is 6. The van der Waals surface area contributed by atoms with Crippen LogP contribution in [0.3, 0.4) is 0 Å². The molecule has 1 aliphatic heterocycles. The van der Waals surface area contributed by atoms with Crippen LogP contribution >= 0.6 is 0 Å². The van der Waals surface area contributed by atoms with Crippen LogP contribution in [0, 0.1) is 28.6 Å². The summed E-state index contributed by atoms with van der Waals surface area (Å²) >= 11 is 0. The topological polar surface area (TPSA) is 231 Å². The van der Waals surface area contributed by atoms with E-state index in [9.17, 15) is 39.3 Å². The number of ketones is 1. The first-order valence-corrected chi connectivity index (χ1v) is 20.8. The fourth-order valence-electron chi connectivity index (χ4n) is 9.76. The Morgan fingerprint density at radius 2 is 1.64 bits per heavy atom. The number of aliphatic hydroxyl groups excluding tert-OH is 2. The monoisotopic (exact) mass is 853 g/mol. The number of rotatable bonds is 10. The van der Waals surface area contributed by atoms with Gasteiger partial charge in [0.15, 0.2) is 17.5 Å². The predicted octanol–water partition coefficient (Wildman–Crippen LogP) is 4.02. The number of nitrogens with one attached hydrogen (secondary N) is 1. The van der Waals surface area contributed by atoms with Crippen LogP contribution < -0.4 is 5.32 Å². The second-order valence-electron chi connectivity index (χ2n) is 19.2. The second-order valence-corrected chi connectivity index (χ2v) is 19.2. The number of esters is 4. The maximum absolute atomic E-state index is 15.6. The van der Waals surface area contributed by atoms with Gasteiger partial charge >= 0.3 is 30.0 Å². The first-order valence-electron chi connectivity index (χ1n) is 20.8. The molecule has 61 heavy (non-hydrogen) atoms. The summed E-state index contributed by atoms with van der Waals surface area (Å²) < 4.78 is 35.9. The number of carbonyl (C=O) groups is 6. The molecule has 5 aliphatic rings. The minimum Gasteiger partial charge on any atom is -0.460 e. The lowest BCUT2D eigenvalue weighted by atomic mass is 9.45. The van der Waals surface area contributed by atoms with E-state index in [0.717, 1.165) is 6.92 Å². The molecule has 1 saturated heterocycles. The molecule has 0 radical (unpaired) electrons. The van der Waals surface area contributed by atoms with Crippen molar-refractivity contribution in [2.75, 3.05) is 6.61 Å². The highest BCUT2D eigenvalue weighted by Crippen LogP contribution is 2.65. The zero-order valence-corrected chi connectivity index (χ0v) is 36.4. The van der Waals surface area contributed by atoms with Gasteiger partial charge in [-0.15, -0.1) is 0 Å². The van der Waals surface area contributed by atoms with Gasteiger partial charge in [-0.3, -0.25) is 14.4 Å². The van der Waals surface area contributed by atoms with Crippen molar-refractivity contribution in [3.05, 3.63) is 58.9 Å². The first kappa shape index (κ1) is 45.9. The third-order valence-electron chi connectivity index (χ3n) is 13.1. The highest BCUT2D eigenvalue weighted by atomic mass is 16.6. The van der Waals surface area contributed by atoms with Gasteiger partial charge in [0, 0.05) is 31.1 Å². The number of fused-ring (bicyclic) bond motifs is 5. The van der Waals surface area contributed by atoms with E-state index in [2.05, 4.69) is 5.32 Å². The van der Waals surface area contributed by atoms with E-state index >= 15 is 4.79 Å². The Morgan fingerprint density at radius 1 is 1.00 bits per heavy atom. The molecular weight excluding hydrogens is 794 g/mol. The van der Waals surface area contributed by atoms with Crippen molar-refractivity contribution < 1.29 is 72.5 Å². The second kappa shape index (κ2) is 16.2. The number of hydrogen-bond acceptors (Lipinski definition) is 15. The van der Waals surface area contributed by atoms with E-state index in [4.69, 9.17) is 28.4 Å². The molecule has 4 N–H and O–H groups in total. The Balaban J connectivity index is 1.55. The van der Waals surface area contributed by atoms with E-state index < -0.39 is 130 Å². The first-order chi connectivity index (χ1) is 28.3. The Labute approximate surface area is 355 Å². The molecule has 4 fully saturated rings. The quantitative estimate of drug-likeness (QED) is 0.148. The maximum Gasteiger partial charge on any atom is 0.408 e. The lowest BCUT2D eigenvalue weighted by Crippen LogP contribution is -2.81. The molecule has 16 nitrogen and oxygen atoms in total. The molecule has 4 aliphatic carbocycles. The molecule has 1 aromatic carbocycles. The minimum absolute atomic E-state index is 0.0291. The largest absolute Gasteiger partial charge is 0.460 e. The molecular formula is C45H59NO15. The smallest absolute Gasteiger partial charge is 0.408 e. The molecule has 0 spiro atoms. The summed E-state index contributed by atoms with van der Waals surface area (Å²) in [5.74, 6) is -8.10. The van der Waals surface area contributed by atoms with Gasteiger partial charge in [-0.1, -0.05) is 50.6 Å². The van der Waals surface area contributed by atoms with Crippen molar-refractivity contribution in [2.45, 2.75) is 148 Å². The van der Waals surface area contributed by atoms with Crippen LogP contribution in [0.4, 0.5) is 4.79 Å². The van der Waals surface area contributed by atoms with Crippen molar-refractivity contribution in [3.8, 4) is 0 Å². The normalized spacial score (nSPS) is 33.7. The number of Topliss-reactive ketones (excluding diaryl/α,β-unsaturated/α-hetero) is 1. The molecule has 1 heterocycles. The van der Waals surface area contributed by atoms with Gasteiger partial charge < -0.3 is 49.1 Å². The third kappa shape index (κ3) is 8.23. The Hall–Kier alpha value is -4.64. The summed E-state index contributed by atoms with van der Waals surface area (Å²) in [6, 6.07) is 6.53. The molecule has 1 aromatic rings. The number of carbonyl (C=O) groups excluding carboxylic acids is 6. The summed E-state index contributed by atoms with van der Waals surface area (Å²) in [5, 5.41) is 39.8. The van der Waals surface area contributed by atoms with E-state index in [1.165, 1.54) is 25.1 Å². The molecule has 11 atom stereocenters. The standard InChI is InChI=1S/C45H59NO15/c1-22(2)18-27(46-40(54)61-41(5,6)7)32(49)39(53)57-28-20-45(55)36(59-38(52)25-14-12-11-13-15-25)34-43(10,29(48)19-30-44(34,21-56-30)60-24(4)47)35(50)33(58-37(51)26-16-17-26)31(23(28)3)42(45,8)9/h11-15,18,23,26-30,32,34,36,48-49,55H,16-17,19-21H2,1-10H3,(H,46,54)/t23?,27-,28-,29-,30+,32+,34-,36-,43+,44-,45+/m0/s1. The van der Waals surface area contributed by atoms with Gasteiger partial charge in [0.1, 0.15) is 29.5 Å². The summed E-state index contributed by atoms with van der Waals surface area (Å²) in [6.45, 7) is 15.4. The number of amides is 1. The average Bonchev–Trinajstić information content (AvgIpc) is 4.01. The van der Waals surface area contributed by atoms with E-state index in [0.29, 0.717) is 18.4 Å². The summed E-state index contributed by atoms with van der Waals surface area (Å²) in [6.07, 6.45) is -7.00. The van der Waals surface area contributed by atoms with Crippen LogP contribution in [0.2, 0.25) is 0 Å². The van der Waals surface area contributed by atoms with Crippen LogP contribution in [-0.4, -0.2) is 111 Å². The van der Waals surface area contributed by atoms with Gasteiger partial charge in [0.2, 0.25) is 5.78 Å². The molecule has 1 unspecified atom stereocenters. The summed E-state index contributed by atoms with van der Waals surface area (Å²) in [5.41, 5.74) is -8.03. The van der Waals surface area contributed by atoms with Gasteiger partial charge in [-0.2, -0.15) is 0 Å². The average molecular weight is 854 g/mol. The molecule has 6 rings (SSSR count). The fraction of sp³-hybridized carbons (Fsp3) is 0.644. The highest BCUT2D eigenvalue weighted by Gasteiger charge is 2.78. The molecule has 0 aromatic heterocycles. The van der Waals surface area contributed by atoms with Crippen molar-refractivity contribution in [1.29, 1.82) is 0 Å². The molecule has 3 saturated carbocycles. The molecule has 1 amide bonds. The van der Waals surface area contributed by atoms with Crippen molar-refractivity contribution in [1.82, 2.24) is 5.32 Å². The Kier molecular flexibility index (Phi) is 12.2. The molecule has 2 bridgehead atoms. The number of alkyl carbamates (subject to hydrolysis) is 1. The van der Waals surface area contributed by atoms with Gasteiger partial charge in [0.25, 0.3) is 0 Å². The number of hydrogen-bond donors (Lipinski definition) is 4. The van der Waals surface area contributed by atoms with Gasteiger partial charge in [0.05, 0.1) is 41.6 Å². The van der Waals surface area contributed by atoms with E-state index in [-0.39, 0.29) is 24.2 Å². The van der Waals surface area contributed by atoms with E-state index in [1.807, 2.05) is 0 Å². The maximum atomic E-state index is 15.6. The third-order valence-corrected chi connectivity index (χ3v) is 13.1. The highest BCUT2D eigenvalue weighted by molar-refractivity contribution is 6.02. The van der Waals surface area contributed by atoms with Crippen molar-refractivity contribution >= 4 is 35.8 Å². The summed E-state index contributed by atoms with van der Waals surface area (Å²) in [7, 11) is 0. The van der Waals surface area contributed by atoms with Gasteiger partial charge in [-0.05, 0) is 72.1 Å². The minimum atomic E-state index is -2.38. The Bertz CT molecular complexity index is 2010. The van der Waals surface area contributed by atoms with Crippen molar-refractivity contribution in [3.63, 3.8) is 0 Å². The predicted molar refractivity (Wildman–Crippen MR) is 214 cm³/mol. The van der Waals surface area contributed by atoms with Crippen LogP contribution in [0.25, 0.3) is 0 Å². The van der Waals surface area contributed by atoms with Crippen molar-refractivity contribution in [2.24, 2.45) is 28.6 Å². The Morgan fingerprint density at radius 3 is 2.18 bits per heavy atom. The summed E-state index contributed by atoms with van der Waals surface area (Å²) in [4.78, 5) is 83.5. The fourth-order valence-corrected chi connectivity index (χ4v) is 9.76. The van der Waals surface area contributed by atoms with Crippen LogP contribution in [0.5, 0.6) is 0 Å². The van der Waals surface area contributed by atoms with Crippen LogP contribution in [-0.2, 0) is 47.6 Å². The van der Waals surface area contributed by atoms with Crippen LogP contribution in [0.15, 0.2) is 53.3 Å². The molecule has 16 heteroatoms. The number of allylic oxidation sites excluding steroid dienone is 2.